The molecule has 0 unspecified atom stereocenters. The van der Waals surface area contributed by atoms with E-state index in [-0.39, 0.29) is 0 Å². The van der Waals surface area contributed by atoms with Gasteiger partial charge in [-0.1, -0.05) is 121 Å². The average molecular weight is 593 g/mol. The fourth-order valence-electron chi connectivity index (χ4n) is 6.02. The molecule has 0 aliphatic carbocycles. The molecule has 0 aliphatic heterocycles. The van der Waals surface area contributed by atoms with E-state index in [4.69, 9.17) is 28.8 Å². The van der Waals surface area contributed by atoms with Crippen LogP contribution in [0.15, 0.2) is 154 Å². The van der Waals surface area contributed by atoms with Gasteiger partial charge in [0.05, 0.1) is 11.1 Å². The zero-order valence-corrected chi connectivity index (χ0v) is 24.5. The Morgan fingerprint density at radius 2 is 0.957 bits per heavy atom. The first-order valence-electron chi connectivity index (χ1n) is 15.1. The van der Waals surface area contributed by atoms with Crippen LogP contribution in [0.4, 0.5) is 0 Å². The Morgan fingerprint density at radius 3 is 1.63 bits per heavy atom. The van der Waals surface area contributed by atoms with Crippen LogP contribution < -0.4 is 0 Å². The Morgan fingerprint density at radius 1 is 0.370 bits per heavy atom. The van der Waals surface area contributed by atoms with E-state index in [2.05, 4.69) is 30.3 Å². The maximum atomic E-state index is 6.87. The van der Waals surface area contributed by atoms with E-state index in [0.717, 1.165) is 55.3 Å². The normalized spacial score (nSPS) is 11.5. The van der Waals surface area contributed by atoms with E-state index in [9.17, 15) is 0 Å². The first-order valence-corrected chi connectivity index (χ1v) is 15.1. The lowest BCUT2D eigenvalue weighted by molar-refractivity contribution is 0.615. The predicted molar refractivity (Wildman–Crippen MR) is 182 cm³/mol. The summed E-state index contributed by atoms with van der Waals surface area (Å²) in [6.07, 6.45) is 0. The van der Waals surface area contributed by atoms with Crippen molar-refractivity contribution in [2.45, 2.75) is 0 Å². The van der Waals surface area contributed by atoms with E-state index in [1.807, 2.05) is 115 Å². The summed E-state index contributed by atoms with van der Waals surface area (Å²) in [6, 6.07) is 48.3. The van der Waals surface area contributed by atoms with Crippen LogP contribution in [0.2, 0.25) is 0 Å². The third kappa shape index (κ3) is 4.35. The molecule has 6 nitrogen and oxygen atoms in total. The van der Waals surface area contributed by atoms with Crippen molar-refractivity contribution in [2.75, 3.05) is 0 Å². The maximum Gasteiger partial charge on any atom is 0.231 e. The minimum absolute atomic E-state index is 0.504. The van der Waals surface area contributed by atoms with E-state index in [1.165, 1.54) is 0 Å². The van der Waals surface area contributed by atoms with Crippen molar-refractivity contribution < 1.29 is 8.83 Å². The van der Waals surface area contributed by atoms with Crippen LogP contribution in [0.3, 0.4) is 0 Å². The summed E-state index contributed by atoms with van der Waals surface area (Å²) in [7, 11) is 0. The van der Waals surface area contributed by atoms with Crippen molar-refractivity contribution in [1.82, 2.24) is 19.9 Å². The standard InChI is InChI=1S/C40H24N4O2/c1-4-13-25(14-5-1)28-23-24-30-29-19-12-20-31(35(29)46-36(30)34(28)40-41-32-21-10-11-22-33(32)45-40)39-43-37(26-15-6-2-7-16-26)42-38(44-39)27-17-8-3-9-18-27/h1-24H. The summed E-state index contributed by atoms with van der Waals surface area (Å²) < 4.78 is 13.2. The van der Waals surface area contributed by atoms with E-state index >= 15 is 0 Å². The quantitative estimate of drug-likeness (QED) is 0.198. The Labute approximate surface area is 263 Å². The number of oxazole rings is 1. The maximum absolute atomic E-state index is 6.87. The van der Waals surface area contributed by atoms with Crippen molar-refractivity contribution in [2.24, 2.45) is 0 Å². The van der Waals surface area contributed by atoms with Gasteiger partial charge < -0.3 is 8.83 Å². The molecule has 0 N–H and O–H groups in total. The number of rotatable bonds is 5. The molecule has 46 heavy (non-hydrogen) atoms. The fraction of sp³-hybridized carbons (Fsp3) is 0. The van der Waals surface area contributed by atoms with Crippen LogP contribution in [-0.4, -0.2) is 19.9 Å². The second kappa shape index (κ2) is 10.6. The number of benzene rings is 6. The first-order chi connectivity index (χ1) is 22.8. The molecule has 9 aromatic rings. The fourth-order valence-corrected chi connectivity index (χ4v) is 6.02. The summed E-state index contributed by atoms with van der Waals surface area (Å²) in [5.41, 5.74) is 8.28. The molecular weight excluding hydrogens is 568 g/mol. The lowest BCUT2D eigenvalue weighted by Gasteiger charge is -2.08. The van der Waals surface area contributed by atoms with Gasteiger partial charge in [-0.25, -0.2) is 19.9 Å². The van der Waals surface area contributed by atoms with Crippen LogP contribution in [0.25, 0.3) is 89.8 Å². The van der Waals surface area contributed by atoms with Crippen LogP contribution in [0.1, 0.15) is 0 Å². The molecule has 0 bridgehead atoms. The van der Waals surface area contributed by atoms with E-state index < -0.39 is 0 Å². The molecule has 6 aromatic carbocycles. The lowest BCUT2D eigenvalue weighted by Crippen LogP contribution is -2.00. The number of para-hydroxylation sites is 3. The van der Waals surface area contributed by atoms with Gasteiger partial charge in [-0.05, 0) is 35.4 Å². The average Bonchev–Trinajstić information content (AvgIpc) is 3.74. The topological polar surface area (TPSA) is 77.8 Å². The van der Waals surface area contributed by atoms with Gasteiger partial charge in [-0.2, -0.15) is 0 Å². The van der Waals surface area contributed by atoms with Crippen LogP contribution >= 0.6 is 0 Å². The molecule has 6 heteroatoms. The molecule has 0 spiro atoms. The highest BCUT2D eigenvalue weighted by atomic mass is 16.4. The van der Waals surface area contributed by atoms with Crippen LogP contribution in [0, 0.1) is 0 Å². The number of fused-ring (bicyclic) bond motifs is 4. The predicted octanol–water partition coefficient (Wildman–Crippen LogP) is 10.2. The largest absolute Gasteiger partial charge is 0.454 e. The summed E-state index contributed by atoms with van der Waals surface area (Å²) in [5, 5.41) is 1.90. The first kappa shape index (κ1) is 26.0. The minimum atomic E-state index is 0.504. The van der Waals surface area contributed by atoms with Crippen molar-refractivity contribution >= 4 is 33.0 Å². The molecule has 0 atom stereocenters. The molecule has 0 aliphatic rings. The number of furan rings is 1. The molecule has 0 saturated heterocycles. The smallest absolute Gasteiger partial charge is 0.231 e. The zero-order valence-electron chi connectivity index (χ0n) is 24.5. The van der Waals surface area contributed by atoms with Gasteiger partial charge in [-0.15, -0.1) is 0 Å². The molecule has 9 rings (SSSR count). The lowest BCUT2D eigenvalue weighted by atomic mass is 9.96. The minimum Gasteiger partial charge on any atom is -0.454 e. The molecule has 0 amide bonds. The Bertz CT molecular complexity index is 2430. The number of hydrogen-bond acceptors (Lipinski definition) is 6. The van der Waals surface area contributed by atoms with Gasteiger partial charge in [0.15, 0.2) is 23.1 Å². The second-order valence-corrected chi connectivity index (χ2v) is 11.0. The number of aromatic nitrogens is 4. The zero-order chi connectivity index (χ0) is 30.5. The Balaban J connectivity index is 1.32. The van der Waals surface area contributed by atoms with Gasteiger partial charge in [0.25, 0.3) is 0 Å². The molecule has 0 saturated carbocycles. The van der Waals surface area contributed by atoms with Gasteiger partial charge in [0.1, 0.15) is 16.7 Å². The monoisotopic (exact) mass is 592 g/mol. The van der Waals surface area contributed by atoms with Gasteiger partial charge in [0, 0.05) is 21.9 Å². The highest BCUT2D eigenvalue weighted by Gasteiger charge is 2.24. The molecule has 0 fully saturated rings. The van der Waals surface area contributed by atoms with Crippen LogP contribution in [-0.2, 0) is 0 Å². The molecule has 0 radical (unpaired) electrons. The summed E-state index contributed by atoms with van der Waals surface area (Å²) in [4.78, 5) is 19.7. The number of hydrogen-bond donors (Lipinski definition) is 0. The van der Waals surface area contributed by atoms with Gasteiger partial charge in [0.2, 0.25) is 5.89 Å². The van der Waals surface area contributed by atoms with Crippen molar-refractivity contribution in [3.05, 3.63) is 146 Å². The Hall–Kier alpha value is -6.40. The van der Waals surface area contributed by atoms with E-state index in [1.54, 1.807) is 0 Å². The van der Waals surface area contributed by atoms with Crippen LogP contribution in [0.5, 0.6) is 0 Å². The SMILES string of the molecule is c1ccc(-c2nc(-c3ccccc3)nc(-c3cccc4c3oc3c(-c5nc6ccccc6o5)c(-c5ccccc5)ccc34)n2)cc1. The van der Waals surface area contributed by atoms with E-state index in [0.29, 0.717) is 34.5 Å². The van der Waals surface area contributed by atoms with Gasteiger partial charge in [-0.3, -0.25) is 0 Å². The highest BCUT2D eigenvalue weighted by molar-refractivity contribution is 6.14. The third-order valence-corrected chi connectivity index (χ3v) is 8.20. The molecule has 216 valence electrons. The number of nitrogens with zero attached hydrogens (tertiary/aromatic N) is 4. The highest BCUT2D eigenvalue weighted by Crippen LogP contribution is 2.44. The second-order valence-electron chi connectivity index (χ2n) is 11.0. The molecular formula is C40H24N4O2. The Kier molecular flexibility index (Phi) is 6.03. The third-order valence-electron chi connectivity index (χ3n) is 8.20. The molecule has 3 heterocycles. The van der Waals surface area contributed by atoms with Crippen molar-refractivity contribution in [3.8, 4) is 56.7 Å². The summed E-state index contributed by atoms with van der Waals surface area (Å²) in [6.45, 7) is 0. The summed E-state index contributed by atoms with van der Waals surface area (Å²) in [5.74, 6) is 2.22. The van der Waals surface area contributed by atoms with Crippen molar-refractivity contribution in [1.29, 1.82) is 0 Å². The molecule has 3 aromatic heterocycles. The van der Waals surface area contributed by atoms with Gasteiger partial charge >= 0.3 is 0 Å². The van der Waals surface area contributed by atoms with Crippen molar-refractivity contribution in [3.63, 3.8) is 0 Å². The summed E-state index contributed by atoms with van der Waals surface area (Å²) >= 11 is 0.